The van der Waals surface area contributed by atoms with Crippen molar-refractivity contribution in [2.45, 2.75) is 38.1 Å². The fourth-order valence-electron chi connectivity index (χ4n) is 3.60. The highest BCUT2D eigenvalue weighted by atomic mass is 16.4. The lowest BCUT2D eigenvalue weighted by Crippen LogP contribution is -2.48. The number of carbonyl (C=O) groups excluding carboxylic acids is 2. The highest BCUT2D eigenvalue weighted by Crippen LogP contribution is 2.44. The van der Waals surface area contributed by atoms with E-state index in [2.05, 4.69) is 10.6 Å². The molecule has 1 unspecified atom stereocenters. The number of amides is 2. The predicted octanol–water partition coefficient (Wildman–Crippen LogP) is 2.67. The zero-order chi connectivity index (χ0) is 20.1. The average molecular weight is 380 g/mol. The van der Waals surface area contributed by atoms with Crippen LogP contribution in [-0.2, 0) is 14.4 Å². The van der Waals surface area contributed by atoms with E-state index in [1.165, 1.54) is 0 Å². The van der Waals surface area contributed by atoms with E-state index in [0.717, 1.165) is 28.7 Å². The topological polar surface area (TPSA) is 95.5 Å². The molecular weight excluding hydrogens is 356 g/mol. The maximum atomic E-state index is 13.2. The lowest BCUT2D eigenvalue weighted by atomic mass is 9.95. The lowest BCUT2D eigenvalue weighted by molar-refractivity contribution is -0.138. The van der Waals surface area contributed by atoms with Crippen molar-refractivity contribution in [3.05, 3.63) is 59.7 Å². The van der Waals surface area contributed by atoms with Crippen LogP contribution in [0.4, 0.5) is 0 Å². The lowest BCUT2D eigenvalue weighted by Gasteiger charge is -2.21. The van der Waals surface area contributed by atoms with Gasteiger partial charge in [-0.25, -0.2) is 0 Å². The molecule has 1 aliphatic carbocycles. The predicted molar refractivity (Wildman–Crippen MR) is 106 cm³/mol. The minimum absolute atomic E-state index is 0.0482. The van der Waals surface area contributed by atoms with Crippen LogP contribution in [0.25, 0.3) is 11.1 Å². The second kappa shape index (κ2) is 8.69. The van der Waals surface area contributed by atoms with Gasteiger partial charge in [-0.3, -0.25) is 14.4 Å². The van der Waals surface area contributed by atoms with Gasteiger partial charge in [-0.2, -0.15) is 0 Å². The minimum Gasteiger partial charge on any atom is -0.481 e. The molecule has 3 rings (SSSR count). The summed E-state index contributed by atoms with van der Waals surface area (Å²) >= 11 is 0. The first-order valence-corrected chi connectivity index (χ1v) is 9.51. The Kier molecular flexibility index (Phi) is 6.09. The van der Waals surface area contributed by atoms with E-state index in [1.807, 2.05) is 55.5 Å². The summed E-state index contributed by atoms with van der Waals surface area (Å²) < 4.78 is 0. The van der Waals surface area contributed by atoms with Crippen LogP contribution in [0.5, 0.6) is 0 Å². The largest absolute Gasteiger partial charge is 0.481 e. The molecule has 6 heteroatoms. The molecule has 0 radical (unpaired) electrons. The monoisotopic (exact) mass is 380 g/mol. The van der Waals surface area contributed by atoms with Crippen LogP contribution in [0.15, 0.2) is 48.5 Å². The summed E-state index contributed by atoms with van der Waals surface area (Å²) in [5, 5.41) is 14.5. The normalized spacial score (nSPS) is 13.3. The summed E-state index contributed by atoms with van der Waals surface area (Å²) in [6, 6.07) is 14.6. The van der Waals surface area contributed by atoms with Crippen LogP contribution < -0.4 is 10.6 Å². The van der Waals surface area contributed by atoms with Crippen LogP contribution in [0.1, 0.15) is 43.2 Å². The van der Waals surface area contributed by atoms with Crippen molar-refractivity contribution in [2.24, 2.45) is 0 Å². The quantitative estimate of drug-likeness (QED) is 0.656. The maximum absolute atomic E-state index is 13.2. The average Bonchev–Trinajstić information content (AvgIpc) is 3.03. The number of carbonyl (C=O) groups is 3. The zero-order valence-electron chi connectivity index (χ0n) is 15.8. The molecule has 0 fully saturated rings. The molecule has 0 heterocycles. The summed E-state index contributed by atoms with van der Waals surface area (Å²) in [5.41, 5.74) is 3.81. The number of carboxylic acids is 1. The van der Waals surface area contributed by atoms with Gasteiger partial charge in [-0.05, 0) is 35.1 Å². The fourth-order valence-corrected chi connectivity index (χ4v) is 3.60. The van der Waals surface area contributed by atoms with Gasteiger partial charge in [0.25, 0.3) is 0 Å². The van der Waals surface area contributed by atoms with Gasteiger partial charge in [0.1, 0.15) is 6.04 Å². The number of hydrogen-bond donors (Lipinski definition) is 3. The van der Waals surface area contributed by atoms with Gasteiger partial charge in [0.05, 0.1) is 5.92 Å². The Bertz CT molecular complexity index is 848. The Morgan fingerprint density at radius 1 is 1.00 bits per heavy atom. The van der Waals surface area contributed by atoms with Crippen molar-refractivity contribution in [3.63, 3.8) is 0 Å². The molecule has 3 N–H and O–H groups in total. The zero-order valence-corrected chi connectivity index (χ0v) is 15.8. The summed E-state index contributed by atoms with van der Waals surface area (Å²) in [4.78, 5) is 36.6. The van der Waals surface area contributed by atoms with Gasteiger partial charge in [0.15, 0.2) is 0 Å². The summed E-state index contributed by atoms with van der Waals surface area (Å²) in [7, 11) is 0. The van der Waals surface area contributed by atoms with E-state index >= 15 is 0 Å². The molecule has 0 aliphatic heterocycles. The van der Waals surface area contributed by atoms with Crippen molar-refractivity contribution < 1.29 is 19.5 Å². The highest BCUT2D eigenvalue weighted by molar-refractivity contribution is 5.98. The maximum Gasteiger partial charge on any atom is 0.303 e. The number of aliphatic carboxylic acids is 1. The highest BCUT2D eigenvalue weighted by Gasteiger charge is 2.35. The summed E-state index contributed by atoms with van der Waals surface area (Å²) in [6.07, 6.45) is 0.615. The van der Waals surface area contributed by atoms with Crippen molar-refractivity contribution in [1.29, 1.82) is 0 Å². The molecule has 0 spiro atoms. The molecule has 0 aromatic heterocycles. The molecular formula is C22H24N2O4. The van der Waals surface area contributed by atoms with Gasteiger partial charge in [-0.15, -0.1) is 0 Å². The van der Waals surface area contributed by atoms with E-state index in [9.17, 15) is 14.4 Å². The van der Waals surface area contributed by atoms with Gasteiger partial charge in [0.2, 0.25) is 11.8 Å². The molecule has 0 bridgehead atoms. The van der Waals surface area contributed by atoms with Crippen LogP contribution in [-0.4, -0.2) is 35.5 Å². The van der Waals surface area contributed by atoms with Gasteiger partial charge in [0, 0.05) is 13.0 Å². The fraction of sp³-hybridized carbons (Fsp3) is 0.318. The second-order valence-corrected chi connectivity index (χ2v) is 6.89. The molecule has 1 aliphatic rings. The molecule has 2 aromatic rings. The van der Waals surface area contributed by atoms with Gasteiger partial charge < -0.3 is 15.7 Å². The molecule has 2 amide bonds. The minimum atomic E-state index is -1.00. The van der Waals surface area contributed by atoms with E-state index < -0.39 is 17.9 Å². The first-order valence-electron chi connectivity index (χ1n) is 9.51. The van der Waals surface area contributed by atoms with Crippen molar-refractivity contribution in [2.75, 3.05) is 6.54 Å². The second-order valence-electron chi connectivity index (χ2n) is 6.89. The Labute approximate surface area is 164 Å². The molecule has 6 nitrogen and oxygen atoms in total. The third-order valence-electron chi connectivity index (χ3n) is 4.93. The molecule has 146 valence electrons. The van der Waals surface area contributed by atoms with Crippen LogP contribution in [0, 0.1) is 0 Å². The molecule has 0 saturated heterocycles. The van der Waals surface area contributed by atoms with Crippen LogP contribution in [0.3, 0.4) is 0 Å². The number of benzene rings is 2. The number of fused-ring (bicyclic) bond motifs is 3. The van der Waals surface area contributed by atoms with Crippen molar-refractivity contribution >= 4 is 17.8 Å². The van der Waals surface area contributed by atoms with Gasteiger partial charge in [-0.1, -0.05) is 55.5 Å². The van der Waals surface area contributed by atoms with Crippen LogP contribution >= 0.6 is 0 Å². The summed E-state index contributed by atoms with van der Waals surface area (Å²) in [5.74, 6) is -2.16. The van der Waals surface area contributed by atoms with Crippen molar-refractivity contribution in [1.82, 2.24) is 10.6 Å². The first kappa shape index (κ1) is 19.6. The Morgan fingerprint density at radius 2 is 1.57 bits per heavy atom. The smallest absolute Gasteiger partial charge is 0.303 e. The summed E-state index contributed by atoms with van der Waals surface area (Å²) in [6.45, 7) is 2.41. The number of hydrogen-bond acceptors (Lipinski definition) is 3. The van der Waals surface area contributed by atoms with Crippen LogP contribution in [0.2, 0.25) is 0 Å². The number of nitrogens with one attached hydrogen (secondary N) is 2. The van der Waals surface area contributed by atoms with E-state index in [4.69, 9.17) is 5.11 Å². The third kappa shape index (κ3) is 4.06. The first-order chi connectivity index (χ1) is 13.5. The number of rotatable bonds is 8. The van der Waals surface area contributed by atoms with Gasteiger partial charge >= 0.3 is 5.97 Å². The Morgan fingerprint density at radius 3 is 2.11 bits per heavy atom. The molecule has 28 heavy (non-hydrogen) atoms. The molecule has 2 aromatic carbocycles. The molecule has 1 atom stereocenters. The number of carboxylic acid groups (broad SMARTS) is 1. The standard InChI is InChI=1S/C22H24N2O4/c1-2-13-23-21(27)18(11-12-19(25)26)24-22(28)20-16-9-5-3-7-14(16)15-8-4-6-10-17(15)20/h3-10,18,20H,2,11-13H2,1H3,(H,23,27)(H,24,28)(H,25,26). The third-order valence-corrected chi connectivity index (χ3v) is 4.93. The SMILES string of the molecule is CCCNC(=O)C(CCC(=O)O)NC(=O)C1c2ccccc2-c2ccccc21. The van der Waals surface area contributed by atoms with E-state index in [1.54, 1.807) is 0 Å². The van der Waals surface area contributed by atoms with Crippen molar-refractivity contribution in [3.8, 4) is 11.1 Å². The Balaban J connectivity index is 1.85. The molecule has 0 saturated carbocycles. The van der Waals surface area contributed by atoms with E-state index in [0.29, 0.717) is 6.54 Å². The van der Waals surface area contributed by atoms with E-state index in [-0.39, 0.29) is 24.7 Å². The Hall–Kier alpha value is -3.15.